The first-order chi connectivity index (χ1) is 17.7. The van der Waals surface area contributed by atoms with Gasteiger partial charge in [0.15, 0.2) is 0 Å². The summed E-state index contributed by atoms with van der Waals surface area (Å²) in [6.07, 6.45) is 10.6. The summed E-state index contributed by atoms with van der Waals surface area (Å²) in [5, 5.41) is 9.22. The molecular formula is C26H20N10. The minimum atomic E-state index is 0.341. The van der Waals surface area contributed by atoms with Crippen molar-refractivity contribution in [2.24, 2.45) is 0 Å². The molecule has 0 unspecified atom stereocenters. The third-order valence-corrected chi connectivity index (χ3v) is 6.40. The number of nitrogens with zero attached hydrogens (tertiary/aromatic N) is 3. The summed E-state index contributed by atoms with van der Waals surface area (Å²) in [5.41, 5.74) is 16.5. The molecule has 0 aliphatic carbocycles. The molecule has 0 radical (unpaired) electrons. The topological polar surface area (TPSA) is 167 Å². The molecule has 6 aromatic heterocycles. The van der Waals surface area contributed by atoms with Gasteiger partial charge in [-0.2, -0.15) is 0 Å². The fraction of sp³-hybridized carbons (Fsp3) is 0. The van der Waals surface area contributed by atoms with Crippen LogP contribution in [0.4, 0.5) is 5.69 Å². The molecule has 7 rings (SSSR count). The minimum absolute atomic E-state index is 0.341. The second-order valence-electron chi connectivity index (χ2n) is 8.54. The van der Waals surface area contributed by atoms with Crippen LogP contribution in [0, 0.1) is 5.41 Å². The number of H-pyrrole nitrogens is 5. The zero-order valence-electron chi connectivity index (χ0n) is 18.8. The first kappa shape index (κ1) is 20.0. The van der Waals surface area contributed by atoms with E-state index in [0.717, 1.165) is 50.3 Å². The fourth-order valence-corrected chi connectivity index (χ4v) is 4.65. The number of fused-ring (bicyclic) bond motifs is 8. The molecule has 7 heterocycles. The number of nitrogens with two attached hydrogens (primary N) is 1. The maximum absolute atomic E-state index is 8.88. The Morgan fingerprint density at radius 2 is 1.11 bits per heavy atom. The maximum Gasteiger partial charge on any atom is 0.101 e. The number of imidazole rings is 2. The lowest BCUT2D eigenvalue weighted by Gasteiger charge is -2.00. The summed E-state index contributed by atoms with van der Waals surface area (Å²) in [4.78, 5) is 29.9. The molecule has 1 aliphatic heterocycles. The van der Waals surface area contributed by atoms with Gasteiger partial charge in [-0.15, -0.1) is 0 Å². The average Bonchev–Trinajstić information content (AvgIpc) is 3.72. The molecule has 6 aromatic rings. The number of hydrogen-bond donors (Lipinski definition) is 7. The molecule has 0 fully saturated rings. The lowest BCUT2D eigenvalue weighted by atomic mass is 10.1. The van der Waals surface area contributed by atoms with Crippen LogP contribution in [-0.2, 0) is 0 Å². The first-order valence-corrected chi connectivity index (χ1v) is 11.3. The Morgan fingerprint density at radius 1 is 0.611 bits per heavy atom. The van der Waals surface area contributed by atoms with E-state index in [9.17, 15) is 0 Å². The molecule has 10 heteroatoms. The van der Waals surface area contributed by atoms with Gasteiger partial charge in [0, 0.05) is 11.1 Å². The molecule has 0 amide bonds. The van der Waals surface area contributed by atoms with E-state index in [2.05, 4.69) is 34.9 Å². The zero-order valence-corrected chi connectivity index (χ0v) is 18.8. The number of aromatic amines is 5. The largest absolute Gasteiger partial charge is 0.395 e. The molecule has 0 atom stereocenters. The second-order valence-corrected chi connectivity index (χ2v) is 8.54. The van der Waals surface area contributed by atoms with E-state index in [4.69, 9.17) is 16.1 Å². The number of anilines is 1. The maximum atomic E-state index is 8.88. The molecule has 8 N–H and O–H groups in total. The van der Waals surface area contributed by atoms with Gasteiger partial charge in [-0.25, -0.2) is 15.0 Å². The number of aromatic nitrogens is 8. The molecule has 8 bridgehead atoms. The van der Waals surface area contributed by atoms with Gasteiger partial charge in [-0.1, -0.05) is 0 Å². The normalized spacial score (nSPS) is 12.0. The van der Waals surface area contributed by atoms with Crippen molar-refractivity contribution in [1.29, 1.82) is 5.41 Å². The Labute approximate surface area is 202 Å². The highest BCUT2D eigenvalue weighted by Gasteiger charge is 2.14. The van der Waals surface area contributed by atoms with E-state index in [1.54, 1.807) is 25.0 Å². The van der Waals surface area contributed by atoms with Gasteiger partial charge in [-0.05, 0) is 48.6 Å². The predicted octanol–water partition coefficient (Wildman–Crippen LogP) is 4.54. The third kappa shape index (κ3) is 3.05. The molecule has 174 valence electrons. The molecule has 36 heavy (non-hydrogen) atoms. The van der Waals surface area contributed by atoms with Gasteiger partial charge in [0.25, 0.3) is 0 Å². The lowest BCUT2D eigenvalue weighted by Crippen LogP contribution is -1.99. The van der Waals surface area contributed by atoms with Crippen LogP contribution in [0.2, 0.25) is 0 Å². The average molecular weight is 473 g/mol. The van der Waals surface area contributed by atoms with E-state index < -0.39 is 0 Å². The summed E-state index contributed by atoms with van der Waals surface area (Å²) in [6, 6.07) is 11.6. The Balaban J connectivity index is 1.67. The van der Waals surface area contributed by atoms with E-state index >= 15 is 0 Å². The lowest BCUT2D eigenvalue weighted by molar-refractivity contribution is 1.28. The van der Waals surface area contributed by atoms with Crippen molar-refractivity contribution in [2.75, 3.05) is 5.73 Å². The van der Waals surface area contributed by atoms with Crippen LogP contribution in [0.15, 0.2) is 61.4 Å². The molecule has 0 saturated carbocycles. The number of rotatable bonds is 2. The highest BCUT2D eigenvalue weighted by molar-refractivity contribution is 5.95. The molecule has 1 aliphatic rings. The van der Waals surface area contributed by atoms with Gasteiger partial charge in [0.2, 0.25) is 0 Å². The summed E-state index contributed by atoms with van der Waals surface area (Å²) >= 11 is 0. The summed E-state index contributed by atoms with van der Waals surface area (Å²) < 4.78 is 0. The fourth-order valence-electron chi connectivity index (χ4n) is 4.65. The molecule has 0 saturated heterocycles. The Kier molecular flexibility index (Phi) is 4.21. The second kappa shape index (κ2) is 7.57. The third-order valence-electron chi connectivity index (χ3n) is 6.40. The van der Waals surface area contributed by atoms with Crippen molar-refractivity contribution >= 4 is 50.9 Å². The molecule has 10 nitrogen and oxygen atoms in total. The van der Waals surface area contributed by atoms with Crippen LogP contribution in [0.25, 0.3) is 67.8 Å². The quantitative estimate of drug-likeness (QED) is 0.196. The van der Waals surface area contributed by atoms with Crippen molar-refractivity contribution < 1.29 is 0 Å². The van der Waals surface area contributed by atoms with Crippen molar-refractivity contribution in [3.05, 3.63) is 78.2 Å². The Hall–Kier alpha value is -5.38. The smallest absolute Gasteiger partial charge is 0.101 e. The SMILES string of the molecule is N=c1c2ccc([nH]2)c(-c2cnc[nH]2)c2nc(c(N)c3ccc([nH]3)c(-c3cnc[nH]3)c3ccc1[nH]3)C=C2. The minimum Gasteiger partial charge on any atom is -0.395 e. The zero-order chi connectivity index (χ0) is 24.2. The first-order valence-electron chi connectivity index (χ1n) is 11.3. The molecule has 0 aromatic carbocycles. The summed E-state index contributed by atoms with van der Waals surface area (Å²) in [6.45, 7) is 0. The van der Waals surface area contributed by atoms with Crippen LogP contribution >= 0.6 is 0 Å². The molecule has 0 spiro atoms. The van der Waals surface area contributed by atoms with E-state index in [0.29, 0.717) is 27.8 Å². The Bertz CT molecular complexity index is 1960. The van der Waals surface area contributed by atoms with Crippen molar-refractivity contribution in [3.63, 3.8) is 0 Å². The van der Waals surface area contributed by atoms with Gasteiger partial charge in [-0.3, -0.25) is 5.41 Å². The van der Waals surface area contributed by atoms with Gasteiger partial charge in [0.1, 0.15) is 5.36 Å². The Morgan fingerprint density at radius 3 is 1.72 bits per heavy atom. The van der Waals surface area contributed by atoms with Crippen LogP contribution in [0.3, 0.4) is 0 Å². The number of nitrogens with one attached hydrogen (secondary N) is 6. The predicted molar refractivity (Wildman–Crippen MR) is 141 cm³/mol. The van der Waals surface area contributed by atoms with Crippen molar-refractivity contribution in [2.45, 2.75) is 0 Å². The van der Waals surface area contributed by atoms with E-state index in [1.807, 2.05) is 48.6 Å². The standard InChI is InChI=1S/C26H20N10/c27-25-17-5-1-13(33-17)23(21-9-29-11-31-21)14-2-6-19(34-14)26(28)20-8-4-16(36-20)24(22-10-30-12-32-22)15-3-7-18(25)35-15/h1-12,27,33-35H,28H2,(H,29,31)(H,30,32). The highest BCUT2D eigenvalue weighted by Crippen LogP contribution is 2.31. The van der Waals surface area contributed by atoms with Crippen LogP contribution in [-0.4, -0.2) is 39.9 Å². The number of nitrogen functional groups attached to an aromatic ring is 1. The van der Waals surface area contributed by atoms with Crippen LogP contribution in [0.5, 0.6) is 0 Å². The van der Waals surface area contributed by atoms with Crippen molar-refractivity contribution in [3.8, 4) is 22.5 Å². The summed E-state index contributed by atoms with van der Waals surface area (Å²) in [5.74, 6) is 0. The van der Waals surface area contributed by atoms with Crippen molar-refractivity contribution in [1.82, 2.24) is 39.9 Å². The number of hydrogen-bond acceptors (Lipinski definition) is 5. The highest BCUT2D eigenvalue weighted by atomic mass is 14.9. The summed E-state index contributed by atoms with van der Waals surface area (Å²) in [7, 11) is 0. The molecular weight excluding hydrogens is 452 g/mol. The van der Waals surface area contributed by atoms with Crippen LogP contribution in [0.1, 0.15) is 11.4 Å². The van der Waals surface area contributed by atoms with Crippen LogP contribution < -0.4 is 11.1 Å². The van der Waals surface area contributed by atoms with Gasteiger partial charge < -0.3 is 30.7 Å². The van der Waals surface area contributed by atoms with E-state index in [1.165, 1.54) is 0 Å². The van der Waals surface area contributed by atoms with Gasteiger partial charge >= 0.3 is 0 Å². The monoisotopic (exact) mass is 472 g/mol. The van der Waals surface area contributed by atoms with Gasteiger partial charge in [0.05, 0.1) is 86.6 Å². The van der Waals surface area contributed by atoms with E-state index in [-0.39, 0.29) is 0 Å².